The van der Waals surface area contributed by atoms with Crippen LogP contribution >= 0.6 is 0 Å². The lowest BCUT2D eigenvalue weighted by molar-refractivity contribution is -0.142. The summed E-state index contributed by atoms with van der Waals surface area (Å²) in [5.41, 5.74) is 1.29. The van der Waals surface area contributed by atoms with Crippen molar-refractivity contribution in [1.29, 1.82) is 0 Å². The first kappa shape index (κ1) is 11.1. The van der Waals surface area contributed by atoms with Crippen LogP contribution in [0.15, 0.2) is 30.3 Å². The van der Waals surface area contributed by atoms with Gasteiger partial charge in [0, 0.05) is 6.42 Å². The molecule has 1 fully saturated rings. The third-order valence-corrected chi connectivity index (χ3v) is 2.82. The normalized spacial score (nSPS) is 24.4. The van der Waals surface area contributed by atoms with Crippen LogP contribution in [0.3, 0.4) is 0 Å². The third-order valence-electron chi connectivity index (χ3n) is 2.82. The summed E-state index contributed by atoms with van der Waals surface area (Å²) in [6.45, 7) is 2.74. The summed E-state index contributed by atoms with van der Waals surface area (Å²) in [7, 11) is 0. The first-order valence-electron chi connectivity index (χ1n) is 5.73. The van der Waals surface area contributed by atoms with Gasteiger partial charge in [-0.25, -0.2) is 0 Å². The minimum atomic E-state index is -0.112. The molecule has 16 heavy (non-hydrogen) atoms. The highest BCUT2D eigenvalue weighted by molar-refractivity contribution is 5.77. The molecule has 0 spiro atoms. The summed E-state index contributed by atoms with van der Waals surface area (Å²) >= 11 is 0. The molecule has 0 aliphatic carbocycles. The van der Waals surface area contributed by atoms with Gasteiger partial charge < -0.3 is 10.1 Å². The number of benzene rings is 1. The molecule has 86 valence electrons. The number of ether oxygens (including phenoxy) is 1. The van der Waals surface area contributed by atoms with Crippen molar-refractivity contribution in [2.75, 3.05) is 6.54 Å². The average Bonchev–Trinajstić information content (AvgIpc) is 2.59. The quantitative estimate of drug-likeness (QED) is 0.780. The highest BCUT2D eigenvalue weighted by atomic mass is 16.6. The predicted octanol–water partition coefficient (Wildman–Crippen LogP) is 1.52. The molecule has 0 bridgehead atoms. The molecular formula is C13H17NO2. The van der Waals surface area contributed by atoms with Gasteiger partial charge in [-0.2, -0.15) is 0 Å². The molecule has 0 saturated carbocycles. The number of carbonyl (C=O) groups is 1. The lowest BCUT2D eigenvalue weighted by Crippen LogP contribution is -2.34. The maximum atomic E-state index is 11.3. The van der Waals surface area contributed by atoms with Gasteiger partial charge in [-0.3, -0.25) is 4.79 Å². The number of rotatable bonds is 4. The Morgan fingerprint density at radius 1 is 1.38 bits per heavy atom. The van der Waals surface area contributed by atoms with E-state index in [2.05, 4.69) is 17.4 Å². The van der Waals surface area contributed by atoms with E-state index in [1.54, 1.807) is 0 Å². The fourth-order valence-electron chi connectivity index (χ4n) is 1.96. The zero-order valence-corrected chi connectivity index (χ0v) is 9.48. The summed E-state index contributed by atoms with van der Waals surface area (Å²) < 4.78 is 5.08. The van der Waals surface area contributed by atoms with Gasteiger partial charge in [0.2, 0.25) is 0 Å². The van der Waals surface area contributed by atoms with Crippen molar-refractivity contribution < 1.29 is 9.53 Å². The largest absolute Gasteiger partial charge is 0.461 e. The first-order chi connectivity index (χ1) is 7.75. The Morgan fingerprint density at radius 2 is 2.12 bits per heavy atom. The molecule has 0 radical (unpaired) electrons. The lowest BCUT2D eigenvalue weighted by Gasteiger charge is -2.08. The molecule has 1 aliphatic rings. The number of hydrogen-bond acceptors (Lipinski definition) is 3. The van der Waals surface area contributed by atoms with Crippen LogP contribution in [0.4, 0.5) is 0 Å². The van der Waals surface area contributed by atoms with Crippen LogP contribution in [0.5, 0.6) is 0 Å². The van der Waals surface area contributed by atoms with Crippen LogP contribution in [-0.4, -0.2) is 24.7 Å². The van der Waals surface area contributed by atoms with E-state index in [0.717, 1.165) is 19.4 Å². The van der Waals surface area contributed by atoms with Crippen molar-refractivity contribution >= 4 is 5.97 Å². The van der Waals surface area contributed by atoms with Crippen LogP contribution in [0, 0.1) is 0 Å². The topological polar surface area (TPSA) is 38.3 Å². The van der Waals surface area contributed by atoms with Crippen molar-refractivity contribution in [3.05, 3.63) is 35.9 Å². The summed E-state index contributed by atoms with van der Waals surface area (Å²) in [5.74, 6) is -0.111. The van der Waals surface area contributed by atoms with Gasteiger partial charge in [0.05, 0.1) is 0 Å². The summed E-state index contributed by atoms with van der Waals surface area (Å²) in [5, 5.41) is 3.24. The first-order valence-corrected chi connectivity index (χ1v) is 5.73. The van der Waals surface area contributed by atoms with Gasteiger partial charge in [0.1, 0.15) is 12.1 Å². The molecule has 1 saturated heterocycles. The highest BCUT2D eigenvalue weighted by Gasteiger charge is 2.30. The van der Waals surface area contributed by atoms with E-state index in [1.165, 1.54) is 5.56 Å². The van der Waals surface area contributed by atoms with Crippen molar-refractivity contribution in [2.24, 2.45) is 0 Å². The van der Waals surface area contributed by atoms with Crippen LogP contribution in [0.25, 0.3) is 0 Å². The predicted molar refractivity (Wildman–Crippen MR) is 62.1 cm³/mol. The van der Waals surface area contributed by atoms with Crippen molar-refractivity contribution in [3.63, 3.8) is 0 Å². The number of cyclic esters (lactones) is 1. The molecule has 1 N–H and O–H groups in total. The van der Waals surface area contributed by atoms with Gasteiger partial charge in [0.15, 0.2) is 0 Å². The fraction of sp³-hybridized carbons (Fsp3) is 0.462. The minimum Gasteiger partial charge on any atom is -0.461 e. The van der Waals surface area contributed by atoms with E-state index < -0.39 is 0 Å². The summed E-state index contributed by atoms with van der Waals surface area (Å²) in [4.78, 5) is 11.3. The minimum absolute atomic E-state index is 0.0572. The number of hydrogen-bond donors (Lipinski definition) is 1. The van der Waals surface area contributed by atoms with E-state index in [9.17, 15) is 4.79 Å². The third kappa shape index (κ3) is 2.83. The molecule has 1 aromatic rings. The van der Waals surface area contributed by atoms with E-state index in [1.807, 2.05) is 25.1 Å². The fourth-order valence-corrected chi connectivity index (χ4v) is 1.96. The van der Waals surface area contributed by atoms with Gasteiger partial charge >= 0.3 is 5.97 Å². The lowest BCUT2D eigenvalue weighted by atomic mass is 10.1. The number of carbonyl (C=O) groups excluding carboxylic acids is 1. The highest BCUT2D eigenvalue weighted by Crippen LogP contribution is 2.13. The Balaban J connectivity index is 1.74. The molecule has 0 amide bonds. The Labute approximate surface area is 95.8 Å². The van der Waals surface area contributed by atoms with Crippen LogP contribution in [0.1, 0.15) is 18.9 Å². The van der Waals surface area contributed by atoms with Crippen molar-refractivity contribution in [3.8, 4) is 0 Å². The van der Waals surface area contributed by atoms with Crippen molar-refractivity contribution in [2.45, 2.75) is 31.9 Å². The second kappa shape index (κ2) is 5.12. The maximum absolute atomic E-state index is 11.3. The second-order valence-electron chi connectivity index (χ2n) is 4.23. The molecule has 3 heteroatoms. The van der Waals surface area contributed by atoms with E-state index >= 15 is 0 Å². The van der Waals surface area contributed by atoms with Gasteiger partial charge in [-0.05, 0) is 25.5 Å². The van der Waals surface area contributed by atoms with Crippen LogP contribution in [0.2, 0.25) is 0 Å². The van der Waals surface area contributed by atoms with Gasteiger partial charge in [0.25, 0.3) is 0 Å². The van der Waals surface area contributed by atoms with E-state index in [0.29, 0.717) is 0 Å². The van der Waals surface area contributed by atoms with Crippen molar-refractivity contribution in [1.82, 2.24) is 5.32 Å². The number of nitrogens with one attached hydrogen (secondary N) is 1. The monoisotopic (exact) mass is 219 g/mol. The molecule has 1 aromatic carbocycles. The zero-order valence-electron chi connectivity index (χ0n) is 9.48. The van der Waals surface area contributed by atoms with Crippen LogP contribution in [-0.2, 0) is 16.0 Å². The van der Waals surface area contributed by atoms with E-state index in [-0.39, 0.29) is 18.1 Å². The smallest absolute Gasteiger partial charge is 0.323 e. The number of esters is 1. The molecule has 0 aromatic heterocycles. The Kier molecular flexibility index (Phi) is 3.57. The molecular weight excluding hydrogens is 202 g/mol. The molecule has 3 nitrogen and oxygen atoms in total. The average molecular weight is 219 g/mol. The summed E-state index contributed by atoms with van der Waals surface area (Å²) in [6.07, 6.45) is 1.79. The molecule has 0 unspecified atom stereocenters. The van der Waals surface area contributed by atoms with Gasteiger partial charge in [-0.15, -0.1) is 0 Å². The standard InChI is InChI=1S/C13H17NO2/c1-10-9-12(13(15)16-10)14-8-7-11-5-3-2-4-6-11/h2-6,10,12,14H,7-9H2,1H3/t10-,12+/m0/s1. The second-order valence-corrected chi connectivity index (χ2v) is 4.23. The summed E-state index contributed by atoms with van der Waals surface area (Å²) in [6, 6.07) is 10.1. The van der Waals surface area contributed by atoms with Crippen LogP contribution < -0.4 is 5.32 Å². The van der Waals surface area contributed by atoms with Gasteiger partial charge in [-0.1, -0.05) is 30.3 Å². The zero-order chi connectivity index (χ0) is 11.4. The Morgan fingerprint density at radius 3 is 2.75 bits per heavy atom. The molecule has 1 heterocycles. The maximum Gasteiger partial charge on any atom is 0.323 e. The Hall–Kier alpha value is -1.35. The molecule has 1 aliphatic heterocycles. The van der Waals surface area contributed by atoms with E-state index in [4.69, 9.17) is 4.74 Å². The molecule has 2 rings (SSSR count). The Bertz CT molecular complexity index is 350. The molecule has 2 atom stereocenters. The SMILES string of the molecule is C[C@H]1C[C@@H](NCCc2ccccc2)C(=O)O1.